The number of nitrogens with one attached hydrogen (secondary N) is 1. The van der Waals surface area contributed by atoms with Gasteiger partial charge in [0.05, 0.1) is 5.69 Å². The molecule has 1 heterocycles. The first-order valence-electron chi connectivity index (χ1n) is 6.47. The Morgan fingerprint density at radius 2 is 2.26 bits per heavy atom. The van der Waals surface area contributed by atoms with Crippen molar-refractivity contribution in [2.75, 3.05) is 23.4 Å². The first-order chi connectivity index (χ1) is 9.31. The molecule has 0 aliphatic rings. The Morgan fingerprint density at radius 1 is 1.37 bits per heavy atom. The van der Waals surface area contributed by atoms with Gasteiger partial charge in [0.2, 0.25) is 0 Å². The van der Waals surface area contributed by atoms with Crippen LogP contribution in [0.25, 0.3) is 5.69 Å². The second kappa shape index (κ2) is 7.13. The first kappa shape index (κ1) is 13.9. The van der Waals surface area contributed by atoms with Gasteiger partial charge >= 0.3 is 0 Å². The third-order valence-electron chi connectivity index (χ3n) is 2.80. The van der Waals surface area contributed by atoms with Crippen LogP contribution in [-0.4, -0.2) is 38.3 Å². The highest BCUT2D eigenvalue weighted by Crippen LogP contribution is 2.18. The predicted molar refractivity (Wildman–Crippen MR) is 80.0 cm³/mol. The molecule has 19 heavy (non-hydrogen) atoms. The van der Waals surface area contributed by atoms with Crippen LogP contribution in [0.4, 0.5) is 5.69 Å². The van der Waals surface area contributed by atoms with Crippen LogP contribution in [0.1, 0.15) is 18.9 Å². The Bertz CT molecular complexity index is 498. The second-order valence-corrected chi connectivity index (χ2v) is 5.63. The van der Waals surface area contributed by atoms with Crippen molar-refractivity contribution in [3.63, 3.8) is 0 Å². The van der Waals surface area contributed by atoms with Crippen molar-refractivity contribution >= 4 is 17.4 Å². The minimum atomic E-state index is 0.991. The topological polar surface area (TPSA) is 55.6 Å². The van der Waals surface area contributed by atoms with Crippen molar-refractivity contribution in [2.45, 2.75) is 20.3 Å². The largest absolute Gasteiger partial charge is 0.385 e. The number of rotatable bonds is 7. The molecule has 0 unspecified atom stereocenters. The Kier molecular flexibility index (Phi) is 5.20. The smallest absolute Gasteiger partial charge is 0.143 e. The number of hydrogen-bond donors (Lipinski definition) is 1. The van der Waals surface area contributed by atoms with Crippen molar-refractivity contribution < 1.29 is 0 Å². The number of tetrazole rings is 1. The molecule has 102 valence electrons. The molecule has 1 aromatic heterocycles. The summed E-state index contributed by atoms with van der Waals surface area (Å²) < 4.78 is 1.69. The summed E-state index contributed by atoms with van der Waals surface area (Å²) >= 11 is 1.98. The van der Waals surface area contributed by atoms with E-state index in [1.165, 1.54) is 17.9 Å². The number of hydrogen-bond acceptors (Lipinski definition) is 5. The summed E-state index contributed by atoms with van der Waals surface area (Å²) in [5, 5.41) is 14.7. The molecule has 2 aromatic rings. The van der Waals surface area contributed by atoms with Crippen LogP contribution in [0.3, 0.4) is 0 Å². The van der Waals surface area contributed by atoms with Crippen LogP contribution in [-0.2, 0) is 0 Å². The molecule has 0 saturated carbocycles. The van der Waals surface area contributed by atoms with Crippen molar-refractivity contribution in [1.29, 1.82) is 0 Å². The van der Waals surface area contributed by atoms with E-state index in [2.05, 4.69) is 52.9 Å². The van der Waals surface area contributed by atoms with E-state index in [9.17, 15) is 0 Å². The molecule has 0 amide bonds. The summed E-state index contributed by atoms with van der Waals surface area (Å²) in [4.78, 5) is 0. The predicted octanol–water partition coefficient (Wildman–Crippen LogP) is 2.53. The van der Waals surface area contributed by atoms with E-state index < -0.39 is 0 Å². The lowest BCUT2D eigenvalue weighted by Gasteiger charge is -2.10. The summed E-state index contributed by atoms with van der Waals surface area (Å²) in [5.74, 6) is 2.39. The lowest BCUT2D eigenvalue weighted by Crippen LogP contribution is -2.05. The highest BCUT2D eigenvalue weighted by atomic mass is 32.2. The summed E-state index contributed by atoms with van der Waals surface area (Å²) in [6.45, 7) is 5.24. The molecule has 1 aromatic carbocycles. The lowest BCUT2D eigenvalue weighted by molar-refractivity contribution is 0.785. The van der Waals surface area contributed by atoms with Crippen molar-refractivity contribution in [3.05, 3.63) is 30.1 Å². The van der Waals surface area contributed by atoms with Crippen LogP contribution in [0.2, 0.25) is 0 Å². The monoisotopic (exact) mass is 277 g/mol. The molecule has 0 bridgehead atoms. The SMILES string of the molecule is CCSCCCNc1ccc(C)c(-n2cnnn2)c1. The third kappa shape index (κ3) is 3.96. The zero-order chi connectivity index (χ0) is 13.5. The van der Waals surface area contributed by atoms with Gasteiger partial charge in [0.15, 0.2) is 0 Å². The average Bonchev–Trinajstić information content (AvgIpc) is 2.94. The zero-order valence-corrected chi connectivity index (χ0v) is 12.2. The molecule has 1 N–H and O–H groups in total. The van der Waals surface area contributed by atoms with Gasteiger partial charge in [0.1, 0.15) is 6.33 Å². The fourth-order valence-electron chi connectivity index (χ4n) is 1.79. The number of anilines is 1. The van der Waals surface area contributed by atoms with Crippen molar-refractivity contribution in [2.24, 2.45) is 0 Å². The molecule has 0 saturated heterocycles. The Hall–Kier alpha value is -1.56. The minimum Gasteiger partial charge on any atom is -0.385 e. The van der Waals surface area contributed by atoms with Crippen molar-refractivity contribution in [3.8, 4) is 5.69 Å². The van der Waals surface area contributed by atoms with E-state index in [1.807, 2.05) is 11.8 Å². The Morgan fingerprint density at radius 3 is 3.00 bits per heavy atom. The summed E-state index contributed by atoms with van der Waals surface area (Å²) in [6, 6.07) is 6.26. The third-order valence-corrected chi connectivity index (χ3v) is 3.79. The van der Waals surface area contributed by atoms with Crippen LogP contribution in [0, 0.1) is 6.92 Å². The van der Waals surface area contributed by atoms with Gasteiger partial charge in [-0.05, 0) is 53.0 Å². The molecule has 0 aliphatic heterocycles. The summed E-state index contributed by atoms with van der Waals surface area (Å²) in [6.07, 6.45) is 2.79. The Labute approximate surface area is 117 Å². The summed E-state index contributed by atoms with van der Waals surface area (Å²) in [5.41, 5.74) is 3.27. The standard InChI is InChI=1S/C13H19N5S/c1-3-19-8-4-7-14-12-6-5-11(2)13(9-12)18-10-15-16-17-18/h5-6,9-10,14H,3-4,7-8H2,1-2H3. The zero-order valence-electron chi connectivity index (χ0n) is 11.3. The number of aromatic nitrogens is 4. The fourth-order valence-corrected chi connectivity index (χ4v) is 2.43. The number of thioether (sulfide) groups is 1. The molecule has 2 rings (SSSR count). The molecule has 0 fully saturated rings. The number of aryl methyl sites for hydroxylation is 1. The minimum absolute atomic E-state index is 0.991. The molecule has 0 radical (unpaired) electrons. The molecular formula is C13H19N5S. The van der Waals surface area contributed by atoms with Gasteiger partial charge in [-0.1, -0.05) is 13.0 Å². The molecule has 5 nitrogen and oxygen atoms in total. The van der Waals surface area contributed by atoms with Gasteiger partial charge in [-0.15, -0.1) is 5.10 Å². The number of benzene rings is 1. The van der Waals surface area contributed by atoms with Gasteiger partial charge in [-0.25, -0.2) is 4.68 Å². The molecular weight excluding hydrogens is 258 g/mol. The summed E-state index contributed by atoms with van der Waals surface area (Å²) in [7, 11) is 0. The van der Waals surface area contributed by atoms with Crippen molar-refractivity contribution in [1.82, 2.24) is 20.2 Å². The van der Waals surface area contributed by atoms with Crippen LogP contribution < -0.4 is 5.32 Å². The second-order valence-electron chi connectivity index (χ2n) is 4.23. The van der Waals surface area contributed by atoms with E-state index in [4.69, 9.17) is 0 Å². The van der Waals surface area contributed by atoms with Crippen LogP contribution >= 0.6 is 11.8 Å². The Balaban J connectivity index is 1.97. The highest BCUT2D eigenvalue weighted by molar-refractivity contribution is 7.99. The van der Waals surface area contributed by atoms with E-state index in [-0.39, 0.29) is 0 Å². The van der Waals surface area contributed by atoms with Crippen LogP contribution in [0.15, 0.2) is 24.5 Å². The van der Waals surface area contributed by atoms with E-state index in [0.29, 0.717) is 0 Å². The van der Waals surface area contributed by atoms with E-state index in [0.717, 1.165) is 23.5 Å². The average molecular weight is 277 g/mol. The van der Waals surface area contributed by atoms with Gasteiger partial charge < -0.3 is 5.32 Å². The highest BCUT2D eigenvalue weighted by Gasteiger charge is 2.03. The first-order valence-corrected chi connectivity index (χ1v) is 7.62. The van der Waals surface area contributed by atoms with Gasteiger partial charge in [-0.3, -0.25) is 0 Å². The van der Waals surface area contributed by atoms with E-state index >= 15 is 0 Å². The maximum Gasteiger partial charge on any atom is 0.143 e. The van der Waals surface area contributed by atoms with Gasteiger partial charge in [-0.2, -0.15) is 11.8 Å². The van der Waals surface area contributed by atoms with E-state index in [1.54, 1.807) is 11.0 Å². The maximum atomic E-state index is 3.93. The fraction of sp³-hybridized carbons (Fsp3) is 0.462. The number of nitrogens with zero attached hydrogens (tertiary/aromatic N) is 4. The molecule has 0 spiro atoms. The maximum absolute atomic E-state index is 3.93. The molecule has 6 heteroatoms. The van der Waals surface area contributed by atoms with Gasteiger partial charge in [0, 0.05) is 12.2 Å². The van der Waals surface area contributed by atoms with Crippen LogP contribution in [0.5, 0.6) is 0 Å². The molecule has 0 aliphatic carbocycles. The quantitative estimate of drug-likeness (QED) is 0.788. The normalized spacial score (nSPS) is 10.6. The molecule has 0 atom stereocenters. The lowest BCUT2D eigenvalue weighted by atomic mass is 10.2. The van der Waals surface area contributed by atoms with Gasteiger partial charge in [0.25, 0.3) is 0 Å².